The molecule has 1 aromatic rings. The summed E-state index contributed by atoms with van der Waals surface area (Å²) in [6.45, 7) is 1.83. The lowest BCUT2D eigenvalue weighted by atomic mass is 10.1. The fraction of sp³-hybridized carbons (Fsp3) is 0.667. The van der Waals surface area contributed by atoms with Crippen LogP contribution in [0.3, 0.4) is 0 Å². The van der Waals surface area contributed by atoms with E-state index in [9.17, 15) is 0 Å². The monoisotopic (exact) mass is 236 g/mol. The highest BCUT2D eigenvalue weighted by molar-refractivity contribution is 5.43. The molecule has 5 heteroatoms. The van der Waals surface area contributed by atoms with Gasteiger partial charge < -0.3 is 15.4 Å². The molecule has 1 aliphatic heterocycles. The summed E-state index contributed by atoms with van der Waals surface area (Å²) in [6.07, 6.45) is 6.23. The number of ether oxygens (including phenoxy) is 1. The summed E-state index contributed by atoms with van der Waals surface area (Å²) in [6, 6.07) is 2.47. The Morgan fingerprint density at radius 2 is 2.41 bits per heavy atom. The maximum Gasteiger partial charge on any atom is 0.218 e. The van der Waals surface area contributed by atoms with E-state index in [0.29, 0.717) is 11.9 Å². The van der Waals surface area contributed by atoms with Crippen molar-refractivity contribution in [3.63, 3.8) is 0 Å². The van der Waals surface area contributed by atoms with Crippen LogP contribution >= 0.6 is 0 Å². The smallest absolute Gasteiger partial charge is 0.218 e. The first-order valence-electron chi connectivity index (χ1n) is 6.18. The molecule has 2 heterocycles. The van der Waals surface area contributed by atoms with E-state index in [4.69, 9.17) is 10.5 Å². The van der Waals surface area contributed by atoms with Crippen molar-refractivity contribution in [1.82, 2.24) is 9.97 Å². The fourth-order valence-corrected chi connectivity index (χ4v) is 2.39. The highest BCUT2D eigenvalue weighted by atomic mass is 16.5. The van der Waals surface area contributed by atoms with Crippen LogP contribution in [0.5, 0.6) is 5.88 Å². The van der Waals surface area contributed by atoms with Gasteiger partial charge in [0.1, 0.15) is 12.1 Å². The van der Waals surface area contributed by atoms with E-state index in [1.165, 1.54) is 12.8 Å². The largest absolute Gasteiger partial charge is 0.481 e. The van der Waals surface area contributed by atoms with E-state index >= 15 is 0 Å². The molecule has 1 saturated heterocycles. The number of rotatable bonds is 5. The summed E-state index contributed by atoms with van der Waals surface area (Å²) in [7, 11) is 1.63. The second-order valence-corrected chi connectivity index (χ2v) is 4.34. The fourth-order valence-electron chi connectivity index (χ4n) is 2.39. The molecule has 17 heavy (non-hydrogen) atoms. The molecule has 0 aromatic carbocycles. The lowest BCUT2D eigenvalue weighted by Crippen LogP contribution is -2.30. The average Bonchev–Trinajstić information content (AvgIpc) is 2.84. The van der Waals surface area contributed by atoms with Crippen LogP contribution in [0.15, 0.2) is 12.4 Å². The van der Waals surface area contributed by atoms with Crippen molar-refractivity contribution in [2.75, 3.05) is 25.1 Å². The lowest BCUT2D eigenvalue weighted by molar-refractivity contribution is 0.396. The second-order valence-electron chi connectivity index (χ2n) is 4.34. The molecule has 0 spiro atoms. The number of nitrogens with zero attached hydrogens (tertiary/aromatic N) is 3. The lowest BCUT2D eigenvalue weighted by Gasteiger charge is -2.25. The van der Waals surface area contributed by atoms with Crippen molar-refractivity contribution in [1.29, 1.82) is 0 Å². The molecule has 0 aliphatic carbocycles. The third-order valence-corrected chi connectivity index (χ3v) is 3.25. The molecule has 5 nitrogen and oxygen atoms in total. The summed E-state index contributed by atoms with van der Waals surface area (Å²) in [5.41, 5.74) is 5.57. The second kappa shape index (κ2) is 5.82. The number of aromatic nitrogens is 2. The maximum atomic E-state index is 5.57. The Morgan fingerprint density at radius 1 is 1.53 bits per heavy atom. The maximum absolute atomic E-state index is 5.57. The predicted molar refractivity (Wildman–Crippen MR) is 67.2 cm³/mol. The SMILES string of the molecule is COc1cc(N2CCCC2CCCN)ncn1. The molecule has 2 rings (SSSR count). The van der Waals surface area contributed by atoms with Crippen LogP contribution in [0.4, 0.5) is 5.82 Å². The topological polar surface area (TPSA) is 64.3 Å². The van der Waals surface area contributed by atoms with E-state index in [2.05, 4.69) is 14.9 Å². The van der Waals surface area contributed by atoms with Gasteiger partial charge in [0.2, 0.25) is 5.88 Å². The Balaban J connectivity index is 2.08. The molecule has 1 fully saturated rings. The first-order chi connectivity index (χ1) is 8.35. The first-order valence-corrected chi connectivity index (χ1v) is 6.18. The molecule has 0 radical (unpaired) electrons. The van der Waals surface area contributed by atoms with Crippen molar-refractivity contribution in [2.45, 2.75) is 31.7 Å². The first kappa shape index (κ1) is 12.1. The van der Waals surface area contributed by atoms with Crippen LogP contribution in [0, 0.1) is 0 Å². The van der Waals surface area contributed by atoms with Crippen LogP contribution in [0.1, 0.15) is 25.7 Å². The zero-order chi connectivity index (χ0) is 12.1. The van der Waals surface area contributed by atoms with Crippen molar-refractivity contribution < 1.29 is 4.74 Å². The van der Waals surface area contributed by atoms with E-state index in [0.717, 1.165) is 31.7 Å². The third-order valence-electron chi connectivity index (χ3n) is 3.25. The van der Waals surface area contributed by atoms with Crippen LogP contribution in [-0.4, -0.2) is 36.2 Å². The molecule has 1 aromatic heterocycles. The van der Waals surface area contributed by atoms with Crippen LogP contribution < -0.4 is 15.4 Å². The van der Waals surface area contributed by atoms with E-state index in [1.54, 1.807) is 13.4 Å². The third kappa shape index (κ3) is 2.85. The summed E-state index contributed by atoms with van der Waals surface area (Å²) < 4.78 is 5.13. The molecule has 1 unspecified atom stereocenters. The minimum Gasteiger partial charge on any atom is -0.481 e. The van der Waals surface area contributed by atoms with Gasteiger partial charge in [0.05, 0.1) is 7.11 Å². The quantitative estimate of drug-likeness (QED) is 0.832. The van der Waals surface area contributed by atoms with Crippen molar-refractivity contribution >= 4 is 5.82 Å². The van der Waals surface area contributed by atoms with Gasteiger partial charge in [0.25, 0.3) is 0 Å². The van der Waals surface area contributed by atoms with Crippen LogP contribution in [0.2, 0.25) is 0 Å². The van der Waals surface area contributed by atoms with Crippen LogP contribution in [-0.2, 0) is 0 Å². The summed E-state index contributed by atoms with van der Waals surface area (Å²) in [5.74, 6) is 1.59. The van der Waals surface area contributed by atoms with E-state index < -0.39 is 0 Å². The predicted octanol–water partition coefficient (Wildman–Crippen LogP) is 1.19. The molecule has 2 N–H and O–H groups in total. The Kier molecular flexibility index (Phi) is 4.14. The molecule has 1 atom stereocenters. The van der Waals surface area contributed by atoms with Crippen molar-refractivity contribution in [3.8, 4) is 5.88 Å². The highest BCUT2D eigenvalue weighted by Gasteiger charge is 2.25. The van der Waals surface area contributed by atoms with Gasteiger partial charge in [-0.1, -0.05) is 0 Å². The number of nitrogens with two attached hydrogens (primary N) is 1. The molecule has 0 saturated carbocycles. The summed E-state index contributed by atoms with van der Waals surface area (Å²) in [4.78, 5) is 10.7. The van der Waals surface area contributed by atoms with Gasteiger partial charge in [0.15, 0.2) is 0 Å². The zero-order valence-electron chi connectivity index (χ0n) is 10.3. The number of methoxy groups -OCH3 is 1. The van der Waals surface area contributed by atoms with Gasteiger partial charge in [-0.05, 0) is 32.2 Å². The zero-order valence-corrected chi connectivity index (χ0v) is 10.3. The van der Waals surface area contributed by atoms with Gasteiger partial charge in [-0.25, -0.2) is 9.97 Å². The summed E-state index contributed by atoms with van der Waals surface area (Å²) >= 11 is 0. The number of hydrogen-bond donors (Lipinski definition) is 1. The minimum atomic E-state index is 0.568. The van der Waals surface area contributed by atoms with Gasteiger partial charge in [-0.2, -0.15) is 0 Å². The molecule has 0 amide bonds. The molecular formula is C12H20N4O. The normalized spacial score (nSPS) is 19.6. The van der Waals surface area contributed by atoms with E-state index in [1.807, 2.05) is 6.07 Å². The Hall–Kier alpha value is -1.36. The standard InChI is InChI=1S/C12H20N4O/c1-17-12-8-11(14-9-15-12)16-7-3-5-10(16)4-2-6-13/h8-10H,2-7,13H2,1H3. The highest BCUT2D eigenvalue weighted by Crippen LogP contribution is 2.27. The van der Waals surface area contributed by atoms with Gasteiger partial charge in [-0.15, -0.1) is 0 Å². The average molecular weight is 236 g/mol. The van der Waals surface area contributed by atoms with Gasteiger partial charge in [-0.3, -0.25) is 0 Å². The van der Waals surface area contributed by atoms with E-state index in [-0.39, 0.29) is 0 Å². The summed E-state index contributed by atoms with van der Waals surface area (Å²) in [5, 5.41) is 0. The van der Waals surface area contributed by atoms with Crippen LogP contribution in [0.25, 0.3) is 0 Å². The number of anilines is 1. The van der Waals surface area contributed by atoms with Crippen molar-refractivity contribution in [2.24, 2.45) is 5.73 Å². The molecule has 1 aliphatic rings. The molecular weight excluding hydrogens is 216 g/mol. The Labute approximate surface area is 102 Å². The number of hydrogen-bond acceptors (Lipinski definition) is 5. The molecule has 0 bridgehead atoms. The van der Waals surface area contributed by atoms with Gasteiger partial charge in [0, 0.05) is 18.7 Å². The Bertz CT molecular complexity index is 358. The van der Waals surface area contributed by atoms with Gasteiger partial charge >= 0.3 is 0 Å². The van der Waals surface area contributed by atoms with Crippen molar-refractivity contribution in [3.05, 3.63) is 12.4 Å². The Morgan fingerprint density at radius 3 is 3.18 bits per heavy atom. The molecule has 94 valence electrons. The minimum absolute atomic E-state index is 0.568.